The Bertz CT molecular complexity index is 315. The van der Waals surface area contributed by atoms with Gasteiger partial charge in [-0.25, -0.2) is 0 Å². The molecule has 0 spiro atoms. The summed E-state index contributed by atoms with van der Waals surface area (Å²) in [6, 6.07) is 10.1. The van der Waals surface area contributed by atoms with Crippen LogP contribution in [0.1, 0.15) is 25.7 Å². The summed E-state index contributed by atoms with van der Waals surface area (Å²) in [7, 11) is 0. The molecule has 1 aromatic rings. The monoisotopic (exact) mass is 202 g/mol. The van der Waals surface area contributed by atoms with E-state index in [9.17, 15) is 0 Å². The molecular weight excluding hydrogens is 184 g/mol. The largest absolute Gasteiger partial charge is 0.493 e. The maximum absolute atomic E-state index is 5.75. The van der Waals surface area contributed by atoms with Crippen molar-refractivity contribution in [1.29, 1.82) is 0 Å². The van der Waals surface area contributed by atoms with Gasteiger partial charge in [-0.15, -0.1) is 0 Å². The van der Waals surface area contributed by atoms with Crippen LogP contribution in [0.3, 0.4) is 0 Å². The van der Waals surface area contributed by atoms with Gasteiger partial charge in [0.05, 0.1) is 6.61 Å². The fourth-order valence-electron chi connectivity index (χ4n) is 2.13. The Morgan fingerprint density at radius 1 is 1.27 bits per heavy atom. The number of hydrogen-bond donors (Lipinski definition) is 0. The molecule has 1 unspecified atom stereocenters. The Hall–Kier alpha value is -1.24. The van der Waals surface area contributed by atoms with E-state index in [0.29, 0.717) is 5.92 Å². The molecule has 0 aromatic heterocycles. The predicted molar refractivity (Wildman–Crippen MR) is 63.0 cm³/mol. The average Bonchev–Trinajstić information content (AvgIpc) is 2.28. The average molecular weight is 202 g/mol. The molecule has 0 N–H and O–H groups in total. The van der Waals surface area contributed by atoms with Gasteiger partial charge in [-0.1, -0.05) is 30.4 Å². The zero-order valence-electron chi connectivity index (χ0n) is 9.11. The Labute approximate surface area is 91.8 Å². The first-order valence-electron chi connectivity index (χ1n) is 5.69. The van der Waals surface area contributed by atoms with Gasteiger partial charge in [0.15, 0.2) is 0 Å². The Morgan fingerprint density at radius 3 is 2.80 bits per heavy atom. The third kappa shape index (κ3) is 3.12. The van der Waals surface area contributed by atoms with Crippen LogP contribution in [0.4, 0.5) is 0 Å². The van der Waals surface area contributed by atoms with E-state index in [2.05, 4.69) is 6.58 Å². The molecule has 1 aromatic carbocycles. The van der Waals surface area contributed by atoms with Crippen molar-refractivity contribution in [1.82, 2.24) is 0 Å². The van der Waals surface area contributed by atoms with Gasteiger partial charge in [-0.2, -0.15) is 0 Å². The van der Waals surface area contributed by atoms with Gasteiger partial charge in [0, 0.05) is 0 Å². The summed E-state index contributed by atoms with van der Waals surface area (Å²) in [5, 5.41) is 0. The van der Waals surface area contributed by atoms with Gasteiger partial charge in [0.1, 0.15) is 5.75 Å². The Morgan fingerprint density at radius 2 is 2.07 bits per heavy atom. The summed E-state index contributed by atoms with van der Waals surface area (Å²) in [5.41, 5.74) is 1.39. The van der Waals surface area contributed by atoms with E-state index in [0.717, 1.165) is 18.8 Å². The molecule has 0 aliphatic heterocycles. The van der Waals surface area contributed by atoms with Crippen molar-refractivity contribution in [3.63, 3.8) is 0 Å². The summed E-state index contributed by atoms with van der Waals surface area (Å²) in [6.07, 6.45) is 4.92. The van der Waals surface area contributed by atoms with Crippen LogP contribution in [0.25, 0.3) is 0 Å². The fourth-order valence-corrected chi connectivity index (χ4v) is 2.13. The maximum atomic E-state index is 5.75. The molecule has 2 rings (SSSR count). The fraction of sp³-hybridized carbons (Fsp3) is 0.429. The number of allylic oxidation sites excluding steroid dienone is 1. The van der Waals surface area contributed by atoms with E-state index >= 15 is 0 Å². The molecule has 0 radical (unpaired) electrons. The maximum Gasteiger partial charge on any atom is 0.119 e. The van der Waals surface area contributed by atoms with Gasteiger partial charge in [0.25, 0.3) is 0 Å². The summed E-state index contributed by atoms with van der Waals surface area (Å²) < 4.78 is 5.75. The second-order valence-corrected chi connectivity index (χ2v) is 4.34. The first-order chi connectivity index (χ1) is 7.34. The zero-order valence-corrected chi connectivity index (χ0v) is 9.11. The second kappa shape index (κ2) is 5.01. The third-order valence-electron chi connectivity index (χ3n) is 2.95. The van der Waals surface area contributed by atoms with E-state index in [1.54, 1.807) is 0 Å². The molecule has 1 fully saturated rings. The van der Waals surface area contributed by atoms with E-state index < -0.39 is 0 Å². The summed E-state index contributed by atoms with van der Waals surface area (Å²) >= 11 is 0. The second-order valence-electron chi connectivity index (χ2n) is 4.34. The molecule has 0 amide bonds. The minimum Gasteiger partial charge on any atom is -0.493 e. The van der Waals surface area contributed by atoms with Crippen molar-refractivity contribution in [2.45, 2.75) is 25.7 Å². The van der Waals surface area contributed by atoms with Gasteiger partial charge in [-0.3, -0.25) is 0 Å². The number of rotatable bonds is 3. The lowest BCUT2D eigenvalue weighted by molar-refractivity contribution is 0.226. The van der Waals surface area contributed by atoms with Crippen LogP contribution in [-0.4, -0.2) is 6.61 Å². The van der Waals surface area contributed by atoms with E-state index in [-0.39, 0.29) is 0 Å². The molecular formula is C14H18O. The quantitative estimate of drug-likeness (QED) is 0.677. The van der Waals surface area contributed by atoms with Crippen LogP contribution >= 0.6 is 0 Å². The van der Waals surface area contributed by atoms with Crippen molar-refractivity contribution in [3.8, 4) is 5.75 Å². The number of ether oxygens (including phenoxy) is 1. The highest BCUT2D eigenvalue weighted by Gasteiger charge is 2.16. The van der Waals surface area contributed by atoms with Crippen LogP contribution in [0, 0.1) is 5.92 Å². The highest BCUT2D eigenvalue weighted by atomic mass is 16.5. The zero-order chi connectivity index (χ0) is 10.5. The van der Waals surface area contributed by atoms with Crippen LogP contribution in [-0.2, 0) is 0 Å². The van der Waals surface area contributed by atoms with Crippen molar-refractivity contribution >= 4 is 0 Å². The lowest BCUT2D eigenvalue weighted by Gasteiger charge is -2.23. The molecule has 0 saturated heterocycles. The molecule has 1 atom stereocenters. The van der Waals surface area contributed by atoms with Crippen LogP contribution in [0.5, 0.6) is 5.75 Å². The highest BCUT2D eigenvalue weighted by molar-refractivity contribution is 5.20. The van der Waals surface area contributed by atoms with Gasteiger partial charge >= 0.3 is 0 Å². The van der Waals surface area contributed by atoms with Crippen LogP contribution in [0.2, 0.25) is 0 Å². The topological polar surface area (TPSA) is 9.23 Å². The van der Waals surface area contributed by atoms with Crippen LogP contribution in [0.15, 0.2) is 42.5 Å². The van der Waals surface area contributed by atoms with E-state index in [1.807, 2.05) is 30.3 Å². The molecule has 1 aliphatic rings. The van der Waals surface area contributed by atoms with Crippen molar-refractivity contribution < 1.29 is 4.74 Å². The van der Waals surface area contributed by atoms with Gasteiger partial charge < -0.3 is 4.74 Å². The van der Waals surface area contributed by atoms with Crippen molar-refractivity contribution in [3.05, 3.63) is 42.5 Å². The summed E-state index contributed by atoms with van der Waals surface area (Å²) in [6.45, 7) is 4.90. The molecule has 80 valence electrons. The summed E-state index contributed by atoms with van der Waals surface area (Å²) in [5.74, 6) is 1.65. The Kier molecular flexibility index (Phi) is 3.44. The van der Waals surface area contributed by atoms with Crippen molar-refractivity contribution in [2.24, 2.45) is 5.92 Å². The minimum atomic E-state index is 0.673. The molecule has 0 heterocycles. The lowest BCUT2D eigenvalue weighted by Crippen LogP contribution is -2.16. The SMILES string of the molecule is C=C1CCCC(COc2ccccc2)C1. The first-order valence-corrected chi connectivity index (χ1v) is 5.69. The van der Waals surface area contributed by atoms with Gasteiger partial charge in [-0.05, 0) is 43.7 Å². The van der Waals surface area contributed by atoms with E-state index in [1.165, 1.54) is 24.8 Å². The molecule has 15 heavy (non-hydrogen) atoms. The normalized spacial score (nSPS) is 21.3. The molecule has 1 aliphatic carbocycles. The lowest BCUT2D eigenvalue weighted by atomic mass is 9.87. The Balaban J connectivity index is 1.80. The highest BCUT2D eigenvalue weighted by Crippen LogP contribution is 2.27. The first kappa shape index (κ1) is 10.3. The molecule has 1 saturated carbocycles. The number of para-hydroxylation sites is 1. The predicted octanol–water partition coefficient (Wildman–Crippen LogP) is 3.81. The minimum absolute atomic E-state index is 0.673. The number of benzene rings is 1. The smallest absolute Gasteiger partial charge is 0.119 e. The summed E-state index contributed by atoms with van der Waals surface area (Å²) in [4.78, 5) is 0. The standard InChI is InChI=1S/C14H18O/c1-12-6-5-7-13(10-12)11-15-14-8-3-2-4-9-14/h2-4,8-9,13H,1,5-7,10-11H2. The molecule has 1 nitrogen and oxygen atoms in total. The van der Waals surface area contributed by atoms with E-state index in [4.69, 9.17) is 4.74 Å². The molecule has 1 heteroatoms. The van der Waals surface area contributed by atoms with Crippen molar-refractivity contribution in [2.75, 3.05) is 6.61 Å². The van der Waals surface area contributed by atoms with Gasteiger partial charge in [0.2, 0.25) is 0 Å². The third-order valence-corrected chi connectivity index (χ3v) is 2.95. The molecule has 0 bridgehead atoms. The van der Waals surface area contributed by atoms with Crippen LogP contribution < -0.4 is 4.74 Å². The number of hydrogen-bond acceptors (Lipinski definition) is 1.